The minimum Gasteiger partial charge on any atom is -0.465 e. The third kappa shape index (κ3) is 11.6. The van der Waals surface area contributed by atoms with Gasteiger partial charge in [-0.05, 0) is 27.7 Å². The molecule has 0 saturated carbocycles. The van der Waals surface area contributed by atoms with Crippen LogP contribution in [0.5, 0.6) is 0 Å². The van der Waals surface area contributed by atoms with Crippen LogP contribution in [0, 0.1) is 0 Å². The van der Waals surface area contributed by atoms with Crippen LogP contribution in [0.2, 0.25) is 0 Å². The van der Waals surface area contributed by atoms with E-state index in [1.54, 1.807) is 0 Å². The summed E-state index contributed by atoms with van der Waals surface area (Å²) in [5.74, 6) is -0.753. The van der Waals surface area contributed by atoms with Crippen LogP contribution < -0.4 is 0 Å². The zero-order chi connectivity index (χ0) is 16.7. The molecule has 0 aliphatic carbocycles. The van der Waals surface area contributed by atoms with Crippen LogP contribution in [0.25, 0.3) is 0 Å². The highest BCUT2D eigenvalue weighted by molar-refractivity contribution is 7.86. The largest absolute Gasteiger partial charge is 0.465 e. The summed E-state index contributed by atoms with van der Waals surface area (Å²) in [6, 6.07) is 0.134. The van der Waals surface area contributed by atoms with E-state index in [2.05, 4.69) is 0 Å². The molecule has 0 fully saturated rings. The SMILES string of the molecule is CC(C)N(C(=O)O)C(C)C.O=S(=O)(O)CC(Cl)=C(Cl)Cl. The van der Waals surface area contributed by atoms with Crippen molar-refractivity contribution in [2.24, 2.45) is 0 Å². The number of hydrogen-bond acceptors (Lipinski definition) is 3. The van der Waals surface area contributed by atoms with Crippen LogP contribution in [-0.2, 0) is 10.1 Å². The lowest BCUT2D eigenvalue weighted by atomic mass is 10.2. The molecule has 0 aromatic heterocycles. The standard InChI is InChI=1S/C7H15NO2.C3H3Cl3O3S/c1-5(2)8(6(3)4)7(9)10;4-2(3(5)6)1-10(7,8)9/h5-6H,1-4H3,(H,9,10);1H2,(H,7,8,9). The molecule has 0 rings (SSSR count). The van der Waals surface area contributed by atoms with Crippen molar-refractivity contribution in [3.8, 4) is 0 Å². The van der Waals surface area contributed by atoms with Gasteiger partial charge in [-0.25, -0.2) is 4.79 Å². The van der Waals surface area contributed by atoms with Gasteiger partial charge in [0.2, 0.25) is 0 Å². The average molecular weight is 371 g/mol. The van der Waals surface area contributed by atoms with Crippen LogP contribution in [0.15, 0.2) is 9.52 Å². The summed E-state index contributed by atoms with van der Waals surface area (Å²) >= 11 is 15.3. The molecule has 0 heterocycles. The van der Waals surface area contributed by atoms with E-state index in [1.807, 2.05) is 27.7 Å². The van der Waals surface area contributed by atoms with Gasteiger partial charge in [0, 0.05) is 12.1 Å². The molecule has 0 unspecified atom stereocenters. The van der Waals surface area contributed by atoms with Gasteiger partial charge in [0.15, 0.2) is 0 Å². The number of rotatable bonds is 4. The molecular weight excluding hydrogens is 353 g/mol. The minimum atomic E-state index is -4.13. The highest BCUT2D eigenvalue weighted by atomic mass is 35.5. The minimum absolute atomic E-state index is 0.0671. The molecule has 0 spiro atoms. The van der Waals surface area contributed by atoms with Gasteiger partial charge in [-0.3, -0.25) is 4.55 Å². The molecule has 10 heteroatoms. The molecule has 20 heavy (non-hydrogen) atoms. The fraction of sp³-hybridized carbons (Fsp3) is 0.700. The second-order valence-electron chi connectivity index (χ2n) is 4.27. The first-order chi connectivity index (χ1) is 8.79. The number of halogens is 3. The molecule has 0 aliphatic rings. The summed E-state index contributed by atoms with van der Waals surface area (Å²) in [5.41, 5.74) is 0. The molecule has 6 nitrogen and oxygen atoms in total. The van der Waals surface area contributed by atoms with Crippen molar-refractivity contribution in [2.45, 2.75) is 39.8 Å². The number of hydrogen-bond donors (Lipinski definition) is 2. The van der Waals surface area contributed by atoms with Crippen LogP contribution in [-0.4, -0.2) is 46.9 Å². The summed E-state index contributed by atoms with van der Waals surface area (Å²) in [7, 11) is -4.13. The lowest BCUT2D eigenvalue weighted by Crippen LogP contribution is -2.40. The van der Waals surface area contributed by atoms with Crippen molar-refractivity contribution in [1.82, 2.24) is 4.90 Å². The summed E-state index contributed by atoms with van der Waals surface area (Å²) in [6.07, 6.45) is -0.843. The lowest BCUT2D eigenvalue weighted by molar-refractivity contribution is 0.116. The van der Waals surface area contributed by atoms with E-state index < -0.39 is 22.0 Å². The fourth-order valence-corrected chi connectivity index (χ4v) is 2.42. The van der Waals surface area contributed by atoms with Gasteiger partial charge in [-0.1, -0.05) is 34.8 Å². The van der Waals surface area contributed by atoms with Gasteiger partial charge in [-0.2, -0.15) is 8.42 Å². The third-order valence-corrected chi connectivity index (χ3v) is 3.63. The van der Waals surface area contributed by atoms with E-state index in [1.165, 1.54) is 4.90 Å². The number of nitrogens with zero attached hydrogens (tertiary/aromatic N) is 1. The molecule has 0 saturated heterocycles. The maximum Gasteiger partial charge on any atom is 0.407 e. The first-order valence-electron chi connectivity index (χ1n) is 5.45. The molecular formula is C10H18Cl3NO5S. The molecule has 0 aromatic carbocycles. The molecule has 0 aliphatic heterocycles. The second kappa shape index (κ2) is 9.68. The Balaban J connectivity index is 0. The predicted molar refractivity (Wildman–Crippen MR) is 81.1 cm³/mol. The second-order valence-corrected chi connectivity index (χ2v) is 7.13. The number of carboxylic acid groups (broad SMARTS) is 1. The van der Waals surface area contributed by atoms with Gasteiger partial charge >= 0.3 is 6.09 Å². The molecule has 0 bridgehead atoms. The Bertz CT molecular complexity index is 436. The summed E-state index contributed by atoms with van der Waals surface area (Å²) in [4.78, 5) is 11.9. The van der Waals surface area contributed by atoms with Crippen molar-refractivity contribution in [3.63, 3.8) is 0 Å². The van der Waals surface area contributed by atoms with Crippen LogP contribution >= 0.6 is 34.8 Å². The zero-order valence-electron chi connectivity index (χ0n) is 11.5. The topological polar surface area (TPSA) is 94.9 Å². The summed E-state index contributed by atoms with van der Waals surface area (Å²) in [6.45, 7) is 7.48. The Morgan fingerprint density at radius 1 is 1.10 bits per heavy atom. The molecule has 120 valence electrons. The maximum absolute atomic E-state index is 10.5. The normalized spacial score (nSPS) is 10.9. The first kappa shape index (κ1) is 22.1. The first-order valence-corrected chi connectivity index (χ1v) is 8.20. The third-order valence-electron chi connectivity index (χ3n) is 1.85. The highest BCUT2D eigenvalue weighted by Gasteiger charge is 2.17. The van der Waals surface area contributed by atoms with Crippen molar-refractivity contribution in [2.75, 3.05) is 5.75 Å². The number of carbonyl (C=O) groups is 1. The van der Waals surface area contributed by atoms with Crippen LogP contribution in [0.1, 0.15) is 27.7 Å². The van der Waals surface area contributed by atoms with E-state index in [4.69, 9.17) is 44.5 Å². The van der Waals surface area contributed by atoms with Gasteiger partial charge in [-0.15, -0.1) is 0 Å². The van der Waals surface area contributed by atoms with Gasteiger partial charge < -0.3 is 10.0 Å². The fourth-order valence-electron chi connectivity index (χ4n) is 1.25. The van der Waals surface area contributed by atoms with Gasteiger partial charge in [0.25, 0.3) is 10.1 Å². The maximum atomic E-state index is 10.5. The van der Waals surface area contributed by atoms with E-state index in [0.29, 0.717) is 0 Å². The molecule has 2 N–H and O–H groups in total. The van der Waals surface area contributed by atoms with E-state index in [-0.39, 0.29) is 21.6 Å². The highest BCUT2D eigenvalue weighted by Crippen LogP contribution is 2.18. The monoisotopic (exact) mass is 369 g/mol. The summed E-state index contributed by atoms with van der Waals surface area (Å²) < 4.78 is 27.9. The Morgan fingerprint density at radius 3 is 1.50 bits per heavy atom. The van der Waals surface area contributed by atoms with Crippen molar-refractivity contribution in [1.29, 1.82) is 0 Å². The zero-order valence-corrected chi connectivity index (χ0v) is 14.6. The van der Waals surface area contributed by atoms with Crippen molar-refractivity contribution >= 4 is 51.0 Å². The van der Waals surface area contributed by atoms with E-state index in [0.717, 1.165) is 0 Å². The quantitative estimate of drug-likeness (QED) is 0.738. The van der Waals surface area contributed by atoms with Crippen molar-refractivity contribution < 1.29 is 22.9 Å². The smallest absolute Gasteiger partial charge is 0.407 e. The Kier molecular flexibility index (Phi) is 10.7. The predicted octanol–water partition coefficient (Wildman–Crippen LogP) is 3.54. The Hall–Kier alpha value is -0.210. The van der Waals surface area contributed by atoms with Crippen LogP contribution in [0.3, 0.4) is 0 Å². The Labute approximate surface area is 134 Å². The molecule has 0 aromatic rings. The molecule has 0 atom stereocenters. The van der Waals surface area contributed by atoms with Crippen molar-refractivity contribution in [3.05, 3.63) is 9.52 Å². The van der Waals surface area contributed by atoms with Gasteiger partial charge in [0.05, 0.1) is 5.03 Å². The summed E-state index contributed by atoms with van der Waals surface area (Å²) in [5, 5.41) is 8.34. The van der Waals surface area contributed by atoms with Crippen LogP contribution in [0.4, 0.5) is 4.79 Å². The Morgan fingerprint density at radius 2 is 1.45 bits per heavy atom. The average Bonchev–Trinajstić information content (AvgIpc) is 2.12. The lowest BCUT2D eigenvalue weighted by Gasteiger charge is -2.27. The number of amides is 1. The molecule has 0 radical (unpaired) electrons. The van der Waals surface area contributed by atoms with E-state index in [9.17, 15) is 13.2 Å². The van der Waals surface area contributed by atoms with Gasteiger partial charge in [0.1, 0.15) is 10.2 Å². The molecule has 1 amide bonds. The van der Waals surface area contributed by atoms with E-state index >= 15 is 0 Å².